The first-order chi connectivity index (χ1) is 8.83. The Balaban J connectivity index is 2.36. The molecule has 1 saturated heterocycles. The van der Waals surface area contributed by atoms with Crippen LogP contribution in [0.2, 0.25) is 0 Å². The van der Waals surface area contributed by atoms with Gasteiger partial charge >= 0.3 is 6.09 Å². The zero-order valence-corrected chi connectivity index (χ0v) is 13.5. The van der Waals surface area contributed by atoms with Crippen LogP contribution in [0.5, 0.6) is 0 Å². The Labute approximate surface area is 123 Å². The van der Waals surface area contributed by atoms with Crippen molar-refractivity contribution in [1.29, 1.82) is 0 Å². The van der Waals surface area contributed by atoms with Crippen molar-refractivity contribution >= 4 is 27.9 Å². The molecule has 1 fully saturated rings. The first-order valence-electron chi connectivity index (χ1n) is 6.65. The molecule has 0 aromatic rings. The van der Waals surface area contributed by atoms with Crippen LogP contribution in [0.3, 0.4) is 0 Å². The van der Waals surface area contributed by atoms with Crippen molar-refractivity contribution in [2.45, 2.75) is 39.2 Å². The number of amides is 2. The predicted molar refractivity (Wildman–Crippen MR) is 77.4 cm³/mol. The minimum atomic E-state index is -0.472. The fourth-order valence-corrected chi connectivity index (χ4v) is 2.12. The highest BCUT2D eigenvalue weighted by molar-refractivity contribution is 9.09. The van der Waals surface area contributed by atoms with Gasteiger partial charge in [-0.15, -0.1) is 0 Å². The minimum Gasteiger partial charge on any atom is -0.444 e. The molecule has 1 aliphatic rings. The second-order valence-corrected chi connectivity index (χ2v) is 6.43. The quantitative estimate of drug-likeness (QED) is 0.743. The number of ether oxygens (including phenoxy) is 1. The first-order valence-corrected chi connectivity index (χ1v) is 7.77. The lowest BCUT2D eigenvalue weighted by Crippen LogP contribution is -2.51. The van der Waals surface area contributed by atoms with Gasteiger partial charge in [0.25, 0.3) is 0 Å². The van der Waals surface area contributed by atoms with Crippen LogP contribution >= 0.6 is 15.9 Å². The molecule has 0 unspecified atom stereocenters. The van der Waals surface area contributed by atoms with Crippen molar-refractivity contribution in [3.05, 3.63) is 0 Å². The van der Waals surface area contributed by atoms with E-state index in [9.17, 15) is 9.59 Å². The summed E-state index contributed by atoms with van der Waals surface area (Å²) in [5, 5.41) is 0.844. The Hall–Kier alpha value is -0.780. The predicted octanol–water partition coefficient (Wildman–Crippen LogP) is 2.24. The number of nitrogens with zero attached hydrogens (tertiary/aromatic N) is 2. The second-order valence-electron chi connectivity index (χ2n) is 5.64. The molecule has 0 atom stereocenters. The van der Waals surface area contributed by atoms with Gasteiger partial charge in [0.2, 0.25) is 5.91 Å². The molecule has 0 bridgehead atoms. The van der Waals surface area contributed by atoms with Crippen molar-refractivity contribution in [3.63, 3.8) is 0 Å². The number of hydrogen-bond acceptors (Lipinski definition) is 3. The monoisotopic (exact) mass is 334 g/mol. The Kier molecular flexibility index (Phi) is 6.10. The van der Waals surface area contributed by atoms with Gasteiger partial charge in [-0.2, -0.15) is 0 Å². The van der Waals surface area contributed by atoms with Gasteiger partial charge in [0.15, 0.2) is 0 Å². The van der Waals surface area contributed by atoms with Crippen LogP contribution < -0.4 is 0 Å². The summed E-state index contributed by atoms with van der Waals surface area (Å²) in [6.45, 7) is 7.85. The minimum absolute atomic E-state index is 0.170. The Morgan fingerprint density at radius 1 is 1.11 bits per heavy atom. The van der Waals surface area contributed by atoms with E-state index in [2.05, 4.69) is 15.9 Å². The average Bonchev–Trinajstić information content (AvgIpc) is 2.34. The molecule has 1 aliphatic heterocycles. The maximum atomic E-state index is 11.9. The molecule has 0 aliphatic carbocycles. The zero-order chi connectivity index (χ0) is 14.5. The molecular formula is C13H23BrN2O3. The molecule has 1 heterocycles. The number of alkyl halides is 1. The summed E-state index contributed by atoms with van der Waals surface area (Å²) in [7, 11) is 0. The molecule has 6 heteroatoms. The summed E-state index contributed by atoms with van der Waals surface area (Å²) in [6, 6.07) is 0. The van der Waals surface area contributed by atoms with Crippen LogP contribution in [0.25, 0.3) is 0 Å². The van der Waals surface area contributed by atoms with Crippen LogP contribution in [-0.2, 0) is 9.53 Å². The maximum absolute atomic E-state index is 11.9. The van der Waals surface area contributed by atoms with E-state index in [0.29, 0.717) is 32.6 Å². The lowest BCUT2D eigenvalue weighted by atomic mass is 10.2. The van der Waals surface area contributed by atoms with Crippen LogP contribution in [0, 0.1) is 0 Å². The largest absolute Gasteiger partial charge is 0.444 e. The highest BCUT2D eigenvalue weighted by Crippen LogP contribution is 2.12. The molecule has 0 spiro atoms. The zero-order valence-electron chi connectivity index (χ0n) is 11.9. The second kappa shape index (κ2) is 7.12. The van der Waals surface area contributed by atoms with Crippen molar-refractivity contribution in [2.75, 3.05) is 31.5 Å². The van der Waals surface area contributed by atoms with Gasteiger partial charge in [-0.05, 0) is 27.2 Å². The molecule has 0 N–H and O–H groups in total. The van der Waals surface area contributed by atoms with E-state index in [1.54, 1.807) is 4.90 Å². The molecule has 2 amide bonds. The van der Waals surface area contributed by atoms with Gasteiger partial charge in [0.05, 0.1) is 0 Å². The molecule has 0 aromatic heterocycles. The molecular weight excluding hydrogens is 312 g/mol. The maximum Gasteiger partial charge on any atom is 0.410 e. The lowest BCUT2D eigenvalue weighted by molar-refractivity contribution is -0.132. The van der Waals surface area contributed by atoms with Gasteiger partial charge in [-0.25, -0.2) is 4.79 Å². The number of hydrogen-bond donors (Lipinski definition) is 0. The third-order valence-electron chi connectivity index (χ3n) is 2.81. The molecule has 0 radical (unpaired) electrons. The van der Waals surface area contributed by atoms with Crippen LogP contribution in [0.4, 0.5) is 4.79 Å². The van der Waals surface area contributed by atoms with Crippen molar-refractivity contribution in [1.82, 2.24) is 9.80 Å². The third kappa shape index (κ3) is 5.80. The molecule has 0 aromatic carbocycles. The normalized spacial score (nSPS) is 16.4. The topological polar surface area (TPSA) is 49.9 Å². The SMILES string of the molecule is CC(C)(C)OC(=O)N1CCN(C(=O)CCCBr)CC1. The number of rotatable bonds is 3. The lowest BCUT2D eigenvalue weighted by Gasteiger charge is -2.35. The number of carbonyl (C=O) groups is 2. The molecule has 0 saturated carbocycles. The molecule has 19 heavy (non-hydrogen) atoms. The van der Waals surface area contributed by atoms with Crippen molar-refractivity contribution in [2.24, 2.45) is 0 Å². The highest BCUT2D eigenvalue weighted by Gasteiger charge is 2.27. The summed E-state index contributed by atoms with van der Waals surface area (Å²) < 4.78 is 5.32. The number of carbonyl (C=O) groups excluding carboxylic acids is 2. The van der Waals surface area contributed by atoms with Gasteiger partial charge in [0, 0.05) is 37.9 Å². The Bertz CT molecular complexity index is 320. The van der Waals surface area contributed by atoms with Crippen LogP contribution in [0.15, 0.2) is 0 Å². The van der Waals surface area contributed by atoms with E-state index in [1.807, 2.05) is 25.7 Å². The van der Waals surface area contributed by atoms with E-state index in [-0.39, 0.29) is 12.0 Å². The summed E-state index contributed by atoms with van der Waals surface area (Å²) in [4.78, 5) is 27.2. The van der Waals surface area contributed by atoms with E-state index in [0.717, 1.165) is 11.8 Å². The van der Waals surface area contributed by atoms with Gasteiger partial charge in [-0.1, -0.05) is 15.9 Å². The number of halogens is 1. The van der Waals surface area contributed by atoms with Gasteiger partial charge in [-0.3, -0.25) is 4.79 Å². The van der Waals surface area contributed by atoms with Crippen molar-refractivity contribution < 1.29 is 14.3 Å². The van der Waals surface area contributed by atoms with Gasteiger partial charge < -0.3 is 14.5 Å². The summed E-state index contributed by atoms with van der Waals surface area (Å²) >= 11 is 3.32. The Morgan fingerprint density at radius 2 is 1.63 bits per heavy atom. The molecule has 110 valence electrons. The van der Waals surface area contributed by atoms with E-state index >= 15 is 0 Å². The number of piperazine rings is 1. The Morgan fingerprint density at radius 3 is 2.11 bits per heavy atom. The standard InChI is InChI=1S/C13H23BrN2O3/c1-13(2,3)19-12(18)16-9-7-15(8-10-16)11(17)5-4-6-14/h4-10H2,1-3H3. The molecule has 5 nitrogen and oxygen atoms in total. The van der Waals surface area contributed by atoms with E-state index < -0.39 is 5.60 Å². The first kappa shape index (κ1) is 16.3. The highest BCUT2D eigenvalue weighted by atomic mass is 79.9. The van der Waals surface area contributed by atoms with E-state index in [1.165, 1.54) is 0 Å². The third-order valence-corrected chi connectivity index (χ3v) is 3.37. The van der Waals surface area contributed by atoms with Gasteiger partial charge in [0.1, 0.15) is 5.60 Å². The van der Waals surface area contributed by atoms with Crippen molar-refractivity contribution in [3.8, 4) is 0 Å². The van der Waals surface area contributed by atoms with Crippen LogP contribution in [-0.4, -0.2) is 58.9 Å². The summed E-state index contributed by atoms with van der Waals surface area (Å²) in [5.41, 5.74) is -0.472. The fourth-order valence-electron chi connectivity index (χ4n) is 1.84. The summed E-state index contributed by atoms with van der Waals surface area (Å²) in [5.74, 6) is 0.170. The fraction of sp³-hybridized carbons (Fsp3) is 0.846. The summed E-state index contributed by atoms with van der Waals surface area (Å²) in [6.07, 6.45) is 1.13. The smallest absolute Gasteiger partial charge is 0.410 e. The van der Waals surface area contributed by atoms with Crippen LogP contribution in [0.1, 0.15) is 33.6 Å². The van der Waals surface area contributed by atoms with E-state index in [4.69, 9.17) is 4.74 Å². The average molecular weight is 335 g/mol. The molecule has 1 rings (SSSR count).